The summed E-state index contributed by atoms with van der Waals surface area (Å²) >= 11 is 0. The first-order chi connectivity index (χ1) is 10.2. The van der Waals surface area contributed by atoms with Crippen LogP contribution < -0.4 is 5.32 Å². The van der Waals surface area contributed by atoms with Gasteiger partial charge in [0, 0.05) is 30.5 Å². The van der Waals surface area contributed by atoms with Crippen LogP contribution >= 0.6 is 0 Å². The summed E-state index contributed by atoms with van der Waals surface area (Å²) in [7, 11) is 0. The van der Waals surface area contributed by atoms with Crippen molar-refractivity contribution in [2.75, 3.05) is 6.54 Å². The summed E-state index contributed by atoms with van der Waals surface area (Å²) in [6.07, 6.45) is 6.08. The minimum Gasteiger partial charge on any atom is -0.349 e. The molecule has 1 N–H and O–H groups in total. The van der Waals surface area contributed by atoms with E-state index in [4.69, 9.17) is 0 Å². The summed E-state index contributed by atoms with van der Waals surface area (Å²) in [5.74, 6) is -1.55. The van der Waals surface area contributed by atoms with E-state index in [1.807, 2.05) is 23.0 Å². The number of benzene rings is 1. The molecule has 0 spiro atoms. The van der Waals surface area contributed by atoms with Crippen LogP contribution in [0.15, 0.2) is 36.7 Å². The molecule has 0 bridgehead atoms. The van der Waals surface area contributed by atoms with Crippen molar-refractivity contribution >= 4 is 0 Å². The molecular weight excluding hydrogens is 270 g/mol. The molecule has 21 heavy (non-hydrogen) atoms. The average Bonchev–Trinajstić information content (AvgIpc) is 2.92. The van der Waals surface area contributed by atoms with Crippen molar-refractivity contribution in [2.24, 2.45) is 0 Å². The minimum atomic E-state index is -0.795. The third kappa shape index (κ3) is 3.91. The van der Waals surface area contributed by atoms with Crippen LogP contribution in [0.25, 0.3) is 0 Å². The van der Waals surface area contributed by atoms with Crippen molar-refractivity contribution in [3.8, 4) is 0 Å². The quantitative estimate of drug-likeness (QED) is 0.806. The molecule has 1 aromatic carbocycles. The fourth-order valence-electron chi connectivity index (χ4n) is 2.55. The zero-order valence-electron chi connectivity index (χ0n) is 12.6. The SMILES string of the molecule is CCCC(NCC)c1ccn(Cc2cccc(F)c2F)c1. The van der Waals surface area contributed by atoms with E-state index in [-0.39, 0.29) is 0 Å². The van der Waals surface area contributed by atoms with Crippen LogP contribution in [0.3, 0.4) is 0 Å². The van der Waals surface area contributed by atoms with Gasteiger partial charge in [-0.2, -0.15) is 0 Å². The molecule has 0 fully saturated rings. The van der Waals surface area contributed by atoms with Crippen molar-refractivity contribution in [3.05, 3.63) is 59.4 Å². The molecule has 1 heterocycles. The topological polar surface area (TPSA) is 17.0 Å². The van der Waals surface area contributed by atoms with Gasteiger partial charge in [-0.25, -0.2) is 8.78 Å². The van der Waals surface area contributed by atoms with Crippen LogP contribution in [0.4, 0.5) is 8.78 Å². The minimum absolute atomic E-state index is 0.318. The first kappa shape index (κ1) is 15.7. The molecule has 1 unspecified atom stereocenters. The maximum absolute atomic E-state index is 13.7. The molecule has 2 rings (SSSR count). The van der Waals surface area contributed by atoms with E-state index in [9.17, 15) is 8.78 Å². The van der Waals surface area contributed by atoms with Gasteiger partial charge in [-0.05, 0) is 30.7 Å². The second-order valence-electron chi connectivity index (χ2n) is 5.23. The summed E-state index contributed by atoms with van der Waals surface area (Å²) in [5, 5.41) is 3.45. The van der Waals surface area contributed by atoms with Gasteiger partial charge in [-0.15, -0.1) is 0 Å². The normalized spacial score (nSPS) is 12.6. The maximum atomic E-state index is 13.7. The van der Waals surface area contributed by atoms with Crippen LogP contribution in [-0.4, -0.2) is 11.1 Å². The predicted molar refractivity (Wildman–Crippen MR) is 81.2 cm³/mol. The van der Waals surface area contributed by atoms with E-state index in [1.165, 1.54) is 11.6 Å². The van der Waals surface area contributed by atoms with Crippen LogP contribution in [0, 0.1) is 11.6 Å². The Labute approximate surface area is 124 Å². The van der Waals surface area contributed by atoms with Crippen molar-refractivity contribution in [1.82, 2.24) is 9.88 Å². The van der Waals surface area contributed by atoms with Gasteiger partial charge >= 0.3 is 0 Å². The number of hydrogen-bond acceptors (Lipinski definition) is 1. The van der Waals surface area contributed by atoms with E-state index in [2.05, 4.69) is 19.2 Å². The second kappa shape index (κ2) is 7.36. The molecule has 0 aliphatic carbocycles. The van der Waals surface area contributed by atoms with Crippen molar-refractivity contribution in [3.63, 3.8) is 0 Å². The third-order valence-corrected chi connectivity index (χ3v) is 3.59. The van der Waals surface area contributed by atoms with Gasteiger partial charge in [0.2, 0.25) is 0 Å². The summed E-state index contributed by atoms with van der Waals surface area (Å²) in [6, 6.07) is 6.66. The Morgan fingerprint density at radius 2 is 2.00 bits per heavy atom. The first-order valence-electron chi connectivity index (χ1n) is 7.47. The Morgan fingerprint density at radius 3 is 2.71 bits per heavy atom. The summed E-state index contributed by atoms with van der Waals surface area (Å²) in [6.45, 7) is 5.49. The van der Waals surface area contributed by atoms with Gasteiger partial charge < -0.3 is 9.88 Å². The van der Waals surface area contributed by atoms with Gasteiger partial charge in [-0.3, -0.25) is 0 Å². The molecule has 1 aromatic heterocycles. The lowest BCUT2D eigenvalue weighted by atomic mass is 10.1. The second-order valence-corrected chi connectivity index (χ2v) is 5.23. The fourth-order valence-corrected chi connectivity index (χ4v) is 2.55. The van der Waals surface area contributed by atoms with Crippen molar-refractivity contribution in [1.29, 1.82) is 0 Å². The third-order valence-electron chi connectivity index (χ3n) is 3.59. The van der Waals surface area contributed by atoms with Crippen LogP contribution in [0.5, 0.6) is 0 Å². The number of hydrogen-bond donors (Lipinski definition) is 1. The number of halogens is 2. The van der Waals surface area contributed by atoms with Crippen LogP contribution in [0.2, 0.25) is 0 Å². The highest BCUT2D eigenvalue weighted by Gasteiger charge is 2.12. The standard InChI is InChI=1S/C17H22F2N2/c1-3-6-16(20-4-2)13-9-10-21(11-13)12-14-7-5-8-15(18)17(14)19/h5,7-11,16,20H,3-4,6,12H2,1-2H3. The van der Waals surface area contributed by atoms with E-state index >= 15 is 0 Å². The summed E-state index contributed by atoms with van der Waals surface area (Å²) in [4.78, 5) is 0. The number of nitrogens with zero attached hydrogens (tertiary/aromatic N) is 1. The monoisotopic (exact) mass is 292 g/mol. The van der Waals surface area contributed by atoms with Crippen LogP contribution in [-0.2, 0) is 6.54 Å². The lowest BCUT2D eigenvalue weighted by Gasteiger charge is -2.15. The molecule has 2 aromatic rings. The summed E-state index contributed by atoms with van der Waals surface area (Å²) in [5.41, 5.74) is 1.56. The Morgan fingerprint density at radius 1 is 1.19 bits per heavy atom. The molecule has 0 aliphatic heterocycles. The molecular formula is C17H22F2N2. The van der Waals surface area contributed by atoms with Crippen molar-refractivity contribution < 1.29 is 8.78 Å². The Hall–Kier alpha value is -1.68. The molecule has 114 valence electrons. The smallest absolute Gasteiger partial charge is 0.163 e. The van der Waals surface area contributed by atoms with Gasteiger partial charge in [0.15, 0.2) is 11.6 Å². The largest absolute Gasteiger partial charge is 0.349 e. The molecule has 0 aliphatic rings. The molecule has 0 amide bonds. The van der Waals surface area contributed by atoms with Gasteiger partial charge in [0.05, 0.1) is 0 Å². The Kier molecular flexibility index (Phi) is 5.51. The zero-order chi connectivity index (χ0) is 15.2. The molecule has 0 saturated carbocycles. The van der Waals surface area contributed by atoms with Crippen molar-refractivity contribution in [2.45, 2.75) is 39.3 Å². The summed E-state index contributed by atoms with van der Waals surface area (Å²) < 4.78 is 28.8. The Bertz CT molecular complexity index is 572. The van der Waals surface area contributed by atoms with E-state index in [1.54, 1.807) is 6.07 Å². The number of nitrogens with one attached hydrogen (secondary N) is 1. The van der Waals surface area contributed by atoms with E-state index in [0.717, 1.165) is 25.5 Å². The highest BCUT2D eigenvalue weighted by molar-refractivity contribution is 5.21. The predicted octanol–water partition coefficient (Wildman–Crippen LogP) is 4.27. The lowest BCUT2D eigenvalue weighted by Crippen LogP contribution is -2.20. The van der Waals surface area contributed by atoms with Gasteiger partial charge in [-0.1, -0.05) is 32.4 Å². The fraction of sp³-hybridized carbons (Fsp3) is 0.412. The maximum Gasteiger partial charge on any atom is 0.163 e. The molecule has 0 radical (unpaired) electrons. The van der Waals surface area contributed by atoms with E-state index in [0.29, 0.717) is 18.2 Å². The Balaban J connectivity index is 2.14. The zero-order valence-corrected chi connectivity index (χ0v) is 12.6. The first-order valence-corrected chi connectivity index (χ1v) is 7.47. The lowest BCUT2D eigenvalue weighted by molar-refractivity contribution is 0.494. The molecule has 4 heteroatoms. The van der Waals surface area contributed by atoms with E-state index < -0.39 is 11.6 Å². The number of rotatable bonds is 7. The molecule has 1 atom stereocenters. The highest BCUT2D eigenvalue weighted by Crippen LogP contribution is 2.20. The molecule has 2 nitrogen and oxygen atoms in total. The van der Waals surface area contributed by atoms with Gasteiger partial charge in [0.25, 0.3) is 0 Å². The molecule has 0 saturated heterocycles. The van der Waals surface area contributed by atoms with Crippen LogP contribution in [0.1, 0.15) is 43.9 Å². The average molecular weight is 292 g/mol. The number of aromatic nitrogens is 1. The highest BCUT2D eigenvalue weighted by atomic mass is 19.2. The van der Waals surface area contributed by atoms with Gasteiger partial charge in [0.1, 0.15) is 0 Å².